The maximum atomic E-state index is 8.70. The van der Waals surface area contributed by atoms with Crippen molar-refractivity contribution in [2.24, 2.45) is 0 Å². The summed E-state index contributed by atoms with van der Waals surface area (Å²) in [4.78, 5) is 0. The largest absolute Gasteiger partial charge is 0.396 e. The maximum absolute atomic E-state index is 8.70. The lowest BCUT2D eigenvalue weighted by atomic mass is 10.1. The molecule has 0 aliphatic rings. The van der Waals surface area contributed by atoms with E-state index in [0.717, 1.165) is 19.6 Å². The van der Waals surface area contributed by atoms with Gasteiger partial charge < -0.3 is 9.84 Å². The Hall–Kier alpha value is -0.130. The molecule has 0 aliphatic carbocycles. The third kappa shape index (κ3) is 10.6. The summed E-state index contributed by atoms with van der Waals surface area (Å²) >= 11 is 2.37. The van der Waals surface area contributed by atoms with Crippen molar-refractivity contribution in [3.8, 4) is 0 Å². The molecule has 2 nitrogen and oxygen atoms in total. The van der Waals surface area contributed by atoms with Crippen LogP contribution in [-0.4, -0.2) is 18.3 Å². The Kier molecular flexibility index (Phi) is 13.1. The van der Waals surface area contributed by atoms with Gasteiger partial charge in [0, 0.05) is 16.8 Å². The quantitative estimate of drug-likeness (QED) is 0.310. The summed E-state index contributed by atoms with van der Waals surface area (Å²) in [6.45, 7) is 1.98. The van der Waals surface area contributed by atoms with Crippen LogP contribution in [0.15, 0.2) is 24.3 Å². The molecule has 0 bridgehead atoms. The van der Waals surface area contributed by atoms with Crippen molar-refractivity contribution >= 4 is 22.6 Å². The molecule has 1 rings (SSSR count). The molecule has 126 valence electrons. The van der Waals surface area contributed by atoms with E-state index in [1.807, 2.05) is 0 Å². The van der Waals surface area contributed by atoms with Gasteiger partial charge in [-0.25, -0.2) is 0 Å². The lowest BCUT2D eigenvalue weighted by molar-refractivity contribution is 0.116. The molecule has 0 fully saturated rings. The second kappa shape index (κ2) is 14.5. The molecular weight excluding hydrogens is 387 g/mol. The standard InChI is InChI=1S/C19H31IO2/c20-19-14-10-9-13-18(19)17-22-16-12-8-6-4-2-1-3-5-7-11-15-21/h9-10,13-14,21H,1-8,11-12,15-17H2. The number of rotatable bonds is 14. The van der Waals surface area contributed by atoms with E-state index >= 15 is 0 Å². The monoisotopic (exact) mass is 418 g/mol. The highest BCUT2D eigenvalue weighted by molar-refractivity contribution is 14.1. The molecule has 0 saturated heterocycles. The Bertz CT molecular complexity index is 368. The number of aliphatic hydroxyl groups is 1. The van der Waals surface area contributed by atoms with E-state index in [0.29, 0.717) is 6.61 Å². The second-order valence-corrected chi connectivity index (χ2v) is 7.07. The van der Waals surface area contributed by atoms with E-state index in [1.54, 1.807) is 0 Å². The average molecular weight is 418 g/mol. The van der Waals surface area contributed by atoms with Crippen molar-refractivity contribution in [2.45, 2.75) is 70.8 Å². The zero-order valence-corrected chi connectivity index (χ0v) is 15.9. The molecule has 0 unspecified atom stereocenters. The number of halogens is 1. The molecule has 0 aliphatic heterocycles. The van der Waals surface area contributed by atoms with Crippen LogP contribution in [-0.2, 0) is 11.3 Å². The van der Waals surface area contributed by atoms with Gasteiger partial charge in [-0.05, 0) is 47.1 Å². The summed E-state index contributed by atoms with van der Waals surface area (Å²) in [5, 5.41) is 8.70. The lowest BCUT2D eigenvalue weighted by Gasteiger charge is -2.06. The van der Waals surface area contributed by atoms with Crippen LogP contribution in [0.1, 0.15) is 69.8 Å². The second-order valence-electron chi connectivity index (χ2n) is 5.90. The molecule has 1 aromatic rings. The lowest BCUT2D eigenvalue weighted by Crippen LogP contribution is -1.97. The smallest absolute Gasteiger partial charge is 0.0727 e. The first-order valence-electron chi connectivity index (χ1n) is 8.76. The molecule has 1 aromatic carbocycles. The van der Waals surface area contributed by atoms with Gasteiger partial charge in [0.2, 0.25) is 0 Å². The number of benzene rings is 1. The van der Waals surface area contributed by atoms with Crippen LogP contribution < -0.4 is 0 Å². The van der Waals surface area contributed by atoms with Crippen molar-refractivity contribution in [3.63, 3.8) is 0 Å². The van der Waals surface area contributed by atoms with Gasteiger partial charge >= 0.3 is 0 Å². The first kappa shape index (κ1) is 19.9. The Morgan fingerprint density at radius 2 is 1.32 bits per heavy atom. The molecule has 0 spiro atoms. The Morgan fingerprint density at radius 3 is 1.91 bits per heavy atom. The van der Waals surface area contributed by atoms with Crippen LogP contribution in [0, 0.1) is 3.57 Å². The maximum Gasteiger partial charge on any atom is 0.0727 e. The Labute approximate surface area is 149 Å². The minimum Gasteiger partial charge on any atom is -0.396 e. The van der Waals surface area contributed by atoms with E-state index < -0.39 is 0 Å². The van der Waals surface area contributed by atoms with Crippen LogP contribution in [0.5, 0.6) is 0 Å². The van der Waals surface area contributed by atoms with Crippen molar-refractivity contribution in [1.29, 1.82) is 0 Å². The molecular formula is C19H31IO2. The highest BCUT2D eigenvalue weighted by atomic mass is 127. The van der Waals surface area contributed by atoms with E-state index in [2.05, 4.69) is 46.9 Å². The van der Waals surface area contributed by atoms with Gasteiger partial charge in [0.15, 0.2) is 0 Å². The Morgan fingerprint density at radius 1 is 0.773 bits per heavy atom. The minimum atomic E-state index is 0.353. The first-order valence-corrected chi connectivity index (χ1v) is 9.84. The molecule has 3 heteroatoms. The van der Waals surface area contributed by atoms with Gasteiger partial charge in [0.1, 0.15) is 0 Å². The predicted octanol–water partition coefficient (Wildman–Crippen LogP) is 5.70. The summed E-state index contributed by atoms with van der Waals surface area (Å²) in [6.07, 6.45) is 12.7. The van der Waals surface area contributed by atoms with Gasteiger partial charge in [-0.1, -0.05) is 69.6 Å². The van der Waals surface area contributed by atoms with Crippen molar-refractivity contribution in [1.82, 2.24) is 0 Å². The molecule has 1 N–H and O–H groups in total. The van der Waals surface area contributed by atoms with Crippen molar-refractivity contribution < 1.29 is 9.84 Å². The summed E-state index contributed by atoms with van der Waals surface area (Å²) in [5.74, 6) is 0. The number of hydrogen-bond donors (Lipinski definition) is 1. The van der Waals surface area contributed by atoms with Crippen LogP contribution >= 0.6 is 22.6 Å². The van der Waals surface area contributed by atoms with Crippen LogP contribution in [0.3, 0.4) is 0 Å². The third-order valence-corrected chi connectivity index (χ3v) is 4.96. The SMILES string of the molecule is OCCCCCCCCCCCCOCc1ccccc1I. The number of hydrogen-bond acceptors (Lipinski definition) is 2. The Balaban J connectivity index is 1.81. The molecule has 0 atom stereocenters. The molecule has 0 radical (unpaired) electrons. The fraction of sp³-hybridized carbons (Fsp3) is 0.684. The number of aliphatic hydroxyl groups excluding tert-OH is 1. The fourth-order valence-electron chi connectivity index (χ4n) is 2.53. The van der Waals surface area contributed by atoms with Crippen LogP contribution in [0.4, 0.5) is 0 Å². The molecule has 0 aromatic heterocycles. The normalized spacial score (nSPS) is 11.0. The minimum absolute atomic E-state index is 0.353. The molecule has 0 amide bonds. The molecule has 22 heavy (non-hydrogen) atoms. The zero-order chi connectivity index (χ0) is 15.9. The average Bonchev–Trinajstić information content (AvgIpc) is 2.53. The first-order chi connectivity index (χ1) is 10.8. The van der Waals surface area contributed by atoms with E-state index in [1.165, 1.54) is 66.9 Å². The zero-order valence-electron chi connectivity index (χ0n) is 13.7. The van der Waals surface area contributed by atoms with Gasteiger partial charge in [-0.2, -0.15) is 0 Å². The van der Waals surface area contributed by atoms with Gasteiger partial charge in [0.05, 0.1) is 6.61 Å². The predicted molar refractivity (Wildman–Crippen MR) is 102 cm³/mol. The fourth-order valence-corrected chi connectivity index (χ4v) is 3.07. The summed E-state index contributed by atoms with van der Waals surface area (Å²) in [7, 11) is 0. The number of ether oxygens (including phenoxy) is 1. The van der Waals surface area contributed by atoms with Crippen molar-refractivity contribution in [3.05, 3.63) is 33.4 Å². The highest BCUT2D eigenvalue weighted by Crippen LogP contribution is 2.13. The van der Waals surface area contributed by atoms with Crippen LogP contribution in [0.25, 0.3) is 0 Å². The third-order valence-electron chi connectivity index (χ3n) is 3.91. The van der Waals surface area contributed by atoms with Gasteiger partial charge in [-0.15, -0.1) is 0 Å². The van der Waals surface area contributed by atoms with Crippen molar-refractivity contribution in [2.75, 3.05) is 13.2 Å². The van der Waals surface area contributed by atoms with E-state index in [4.69, 9.17) is 9.84 Å². The molecule has 0 saturated carbocycles. The van der Waals surface area contributed by atoms with Gasteiger partial charge in [0.25, 0.3) is 0 Å². The summed E-state index contributed by atoms with van der Waals surface area (Å²) in [5.41, 5.74) is 1.30. The van der Waals surface area contributed by atoms with Crippen LogP contribution in [0.2, 0.25) is 0 Å². The van der Waals surface area contributed by atoms with E-state index in [9.17, 15) is 0 Å². The van der Waals surface area contributed by atoms with E-state index in [-0.39, 0.29) is 0 Å². The summed E-state index contributed by atoms with van der Waals surface area (Å²) in [6, 6.07) is 8.41. The van der Waals surface area contributed by atoms with Gasteiger partial charge in [-0.3, -0.25) is 0 Å². The number of unbranched alkanes of at least 4 members (excludes halogenated alkanes) is 9. The molecule has 0 heterocycles. The topological polar surface area (TPSA) is 29.5 Å². The summed E-state index contributed by atoms with van der Waals surface area (Å²) < 4.78 is 7.05. The highest BCUT2D eigenvalue weighted by Gasteiger charge is 1.98.